The van der Waals surface area contributed by atoms with E-state index >= 15 is 0 Å². The first-order valence-corrected chi connectivity index (χ1v) is 12.7. The van der Waals surface area contributed by atoms with Crippen LogP contribution in [0.4, 0.5) is 0 Å². The number of ether oxygens (including phenoxy) is 1. The maximum absolute atomic E-state index is 12.6. The van der Waals surface area contributed by atoms with E-state index in [0.717, 1.165) is 34.0 Å². The smallest absolute Gasteiger partial charge is 0.349 e. The lowest BCUT2D eigenvalue weighted by Gasteiger charge is -2.05. The van der Waals surface area contributed by atoms with Crippen LogP contribution < -0.4 is 0 Å². The largest absolute Gasteiger partial charge is 0.478 e. The summed E-state index contributed by atoms with van der Waals surface area (Å²) >= 11 is 2.78. The molecule has 30 heavy (non-hydrogen) atoms. The zero-order valence-electron chi connectivity index (χ0n) is 17.6. The van der Waals surface area contributed by atoms with Crippen LogP contribution >= 0.6 is 22.7 Å². The van der Waals surface area contributed by atoms with E-state index in [-0.39, 0.29) is 10.4 Å². The highest BCUT2D eigenvalue weighted by molar-refractivity contribution is 7.21. The molecule has 0 amide bonds. The van der Waals surface area contributed by atoms with Crippen LogP contribution in [0.2, 0.25) is 0 Å². The second-order valence-electron chi connectivity index (χ2n) is 7.74. The molecule has 0 fully saturated rings. The van der Waals surface area contributed by atoms with Crippen LogP contribution in [0.25, 0.3) is 20.2 Å². The number of hydrogen-bond acceptors (Lipinski definition) is 5. The molecule has 0 atom stereocenters. The highest BCUT2D eigenvalue weighted by Crippen LogP contribution is 2.36. The van der Waals surface area contributed by atoms with E-state index in [1.165, 1.54) is 56.3 Å². The fourth-order valence-corrected chi connectivity index (χ4v) is 5.66. The van der Waals surface area contributed by atoms with E-state index in [4.69, 9.17) is 4.74 Å². The molecule has 3 aromatic rings. The van der Waals surface area contributed by atoms with Gasteiger partial charge in [0.1, 0.15) is 4.88 Å². The van der Waals surface area contributed by atoms with Gasteiger partial charge in [-0.05, 0) is 35.4 Å². The molecule has 4 nitrogen and oxygen atoms in total. The maximum Gasteiger partial charge on any atom is 0.349 e. The van der Waals surface area contributed by atoms with Gasteiger partial charge in [0.05, 0.1) is 12.2 Å². The molecule has 0 bridgehead atoms. The first-order valence-electron chi connectivity index (χ1n) is 11.0. The molecule has 0 aliphatic rings. The monoisotopic (exact) mass is 446 g/mol. The molecule has 0 saturated heterocycles. The number of unbranched alkanes of at least 4 members (excludes halogenated alkanes) is 9. The minimum absolute atomic E-state index is 0.0679. The molecule has 162 valence electrons. The van der Waals surface area contributed by atoms with Crippen LogP contribution in [0.3, 0.4) is 0 Å². The van der Waals surface area contributed by atoms with Crippen molar-refractivity contribution >= 4 is 54.8 Å². The summed E-state index contributed by atoms with van der Waals surface area (Å²) in [5, 5.41) is 13.4. The van der Waals surface area contributed by atoms with Crippen LogP contribution in [0, 0.1) is 0 Å². The van der Waals surface area contributed by atoms with Gasteiger partial charge in [0, 0.05) is 14.8 Å². The molecule has 0 unspecified atom stereocenters. The van der Waals surface area contributed by atoms with Crippen LogP contribution in [0.15, 0.2) is 23.6 Å². The van der Waals surface area contributed by atoms with Gasteiger partial charge in [-0.25, -0.2) is 9.59 Å². The van der Waals surface area contributed by atoms with Crippen molar-refractivity contribution in [1.29, 1.82) is 0 Å². The van der Waals surface area contributed by atoms with Crippen molar-refractivity contribution in [3.05, 3.63) is 34.0 Å². The second kappa shape index (κ2) is 11.5. The molecule has 2 aromatic heterocycles. The summed E-state index contributed by atoms with van der Waals surface area (Å²) in [7, 11) is 0. The summed E-state index contributed by atoms with van der Waals surface area (Å²) in [6.07, 6.45) is 12.2. The topological polar surface area (TPSA) is 63.6 Å². The number of benzene rings is 1. The maximum atomic E-state index is 12.6. The van der Waals surface area contributed by atoms with Gasteiger partial charge in [-0.2, -0.15) is 0 Å². The molecule has 1 N–H and O–H groups in total. The molecule has 0 saturated carbocycles. The van der Waals surface area contributed by atoms with Crippen molar-refractivity contribution in [2.75, 3.05) is 6.61 Å². The number of rotatable bonds is 13. The summed E-state index contributed by atoms with van der Waals surface area (Å²) < 4.78 is 7.24. The Labute approximate surface area is 185 Å². The van der Waals surface area contributed by atoms with Crippen molar-refractivity contribution in [2.45, 2.75) is 71.1 Å². The molecular formula is C24H30O4S2. The van der Waals surface area contributed by atoms with Crippen LogP contribution in [0.1, 0.15) is 91.2 Å². The van der Waals surface area contributed by atoms with Crippen molar-refractivity contribution in [3.8, 4) is 0 Å². The number of carbonyl (C=O) groups is 2. The van der Waals surface area contributed by atoms with E-state index in [1.54, 1.807) is 11.3 Å². The lowest BCUT2D eigenvalue weighted by molar-refractivity contribution is 0.0494. The standard InChI is InChI=1S/C24H30O4S2/c1-2-3-4-5-6-7-8-9-10-11-13-28-24(27)22-21(23(25)26)18-16-19-17(12-14-29-19)15-20(18)30-22/h12,14-16H,2-11,13H2,1H3,(H,25,26). The Morgan fingerprint density at radius 2 is 1.60 bits per heavy atom. The Morgan fingerprint density at radius 1 is 0.933 bits per heavy atom. The van der Waals surface area contributed by atoms with Gasteiger partial charge < -0.3 is 9.84 Å². The number of carboxylic acids is 1. The predicted octanol–water partition coefficient (Wildman–Crippen LogP) is 7.89. The molecule has 2 heterocycles. The Morgan fingerprint density at radius 3 is 2.27 bits per heavy atom. The summed E-state index contributed by atoms with van der Waals surface area (Å²) in [5.74, 6) is -1.60. The highest BCUT2D eigenvalue weighted by Gasteiger charge is 2.25. The van der Waals surface area contributed by atoms with E-state index in [1.807, 2.05) is 23.6 Å². The zero-order valence-corrected chi connectivity index (χ0v) is 19.2. The van der Waals surface area contributed by atoms with Crippen molar-refractivity contribution in [2.24, 2.45) is 0 Å². The van der Waals surface area contributed by atoms with E-state index in [2.05, 4.69) is 6.92 Å². The molecule has 0 aliphatic heterocycles. The fraction of sp³-hybridized carbons (Fsp3) is 0.500. The quantitative estimate of drug-likeness (QED) is 0.214. The van der Waals surface area contributed by atoms with Gasteiger partial charge in [0.2, 0.25) is 0 Å². The number of fused-ring (bicyclic) bond motifs is 2. The van der Waals surface area contributed by atoms with Gasteiger partial charge in [0.15, 0.2) is 0 Å². The normalized spacial score (nSPS) is 11.4. The number of thiophene rings is 2. The van der Waals surface area contributed by atoms with Gasteiger partial charge >= 0.3 is 11.9 Å². The Balaban J connectivity index is 1.47. The van der Waals surface area contributed by atoms with Crippen LogP contribution in [0.5, 0.6) is 0 Å². The third-order valence-electron chi connectivity index (χ3n) is 5.39. The molecule has 0 radical (unpaired) electrons. The number of aromatic carboxylic acids is 1. The van der Waals surface area contributed by atoms with Crippen LogP contribution in [-0.2, 0) is 4.74 Å². The molecule has 3 rings (SSSR count). The van der Waals surface area contributed by atoms with Crippen molar-refractivity contribution in [1.82, 2.24) is 0 Å². The molecule has 6 heteroatoms. The van der Waals surface area contributed by atoms with E-state index < -0.39 is 11.9 Å². The average molecular weight is 447 g/mol. The zero-order chi connectivity index (χ0) is 21.3. The van der Waals surface area contributed by atoms with Gasteiger partial charge in [-0.3, -0.25) is 0 Å². The Bertz CT molecular complexity index is 986. The number of carboxylic acid groups (broad SMARTS) is 1. The Kier molecular flexibility index (Phi) is 8.70. The van der Waals surface area contributed by atoms with E-state index in [9.17, 15) is 14.7 Å². The molecule has 1 aromatic carbocycles. The third-order valence-corrected chi connectivity index (χ3v) is 7.41. The van der Waals surface area contributed by atoms with Gasteiger partial charge in [0.25, 0.3) is 0 Å². The van der Waals surface area contributed by atoms with Crippen LogP contribution in [-0.4, -0.2) is 23.7 Å². The van der Waals surface area contributed by atoms with Crippen molar-refractivity contribution in [3.63, 3.8) is 0 Å². The average Bonchev–Trinajstić information content (AvgIpc) is 3.33. The predicted molar refractivity (Wildman–Crippen MR) is 126 cm³/mol. The minimum atomic E-state index is -1.08. The summed E-state index contributed by atoms with van der Waals surface area (Å²) in [6, 6.07) is 5.83. The van der Waals surface area contributed by atoms with Gasteiger partial charge in [-0.15, -0.1) is 22.7 Å². The lowest BCUT2D eigenvalue weighted by Crippen LogP contribution is -2.09. The third kappa shape index (κ3) is 5.82. The number of carbonyl (C=O) groups excluding carboxylic acids is 1. The molecule has 0 spiro atoms. The highest BCUT2D eigenvalue weighted by atomic mass is 32.1. The summed E-state index contributed by atoms with van der Waals surface area (Å²) in [6.45, 7) is 2.58. The Hall–Kier alpha value is -1.92. The lowest BCUT2D eigenvalue weighted by atomic mass is 10.1. The van der Waals surface area contributed by atoms with Crippen molar-refractivity contribution < 1.29 is 19.4 Å². The minimum Gasteiger partial charge on any atom is -0.478 e. The fourth-order valence-electron chi connectivity index (χ4n) is 3.73. The molecule has 0 aliphatic carbocycles. The van der Waals surface area contributed by atoms with E-state index in [0.29, 0.717) is 12.0 Å². The van der Waals surface area contributed by atoms with Gasteiger partial charge in [-0.1, -0.05) is 64.7 Å². The second-order valence-corrected chi connectivity index (χ2v) is 9.74. The molecular weight excluding hydrogens is 416 g/mol. The first-order chi connectivity index (χ1) is 14.6. The number of esters is 1. The first kappa shape index (κ1) is 22.8. The summed E-state index contributed by atoms with van der Waals surface area (Å²) in [4.78, 5) is 24.6. The SMILES string of the molecule is CCCCCCCCCCCCOC(=O)c1sc2cc3ccsc3cc2c1C(=O)O. The number of hydrogen-bond donors (Lipinski definition) is 1. The summed E-state index contributed by atoms with van der Waals surface area (Å²) in [5.41, 5.74) is 0.0679.